The van der Waals surface area contributed by atoms with Crippen LogP contribution in [0.3, 0.4) is 0 Å². The van der Waals surface area contributed by atoms with E-state index in [1.807, 2.05) is 0 Å². The highest BCUT2D eigenvalue weighted by Crippen LogP contribution is 2.35. The van der Waals surface area contributed by atoms with Crippen LogP contribution < -0.4 is 5.56 Å². The molecule has 0 unspecified atom stereocenters. The maximum absolute atomic E-state index is 13.0. The van der Waals surface area contributed by atoms with Crippen LogP contribution in [0.4, 0.5) is 13.2 Å². The molecular formula is C14H13F3N2O2. The maximum Gasteiger partial charge on any atom is 0.417 e. The number of hydrogen-bond acceptors (Lipinski definition) is 3. The molecule has 4 nitrogen and oxygen atoms in total. The summed E-state index contributed by atoms with van der Waals surface area (Å²) >= 11 is 0. The first-order valence-corrected chi connectivity index (χ1v) is 6.26. The van der Waals surface area contributed by atoms with E-state index in [1.54, 1.807) is 6.92 Å². The van der Waals surface area contributed by atoms with E-state index in [1.165, 1.54) is 18.2 Å². The molecule has 0 saturated carbocycles. The summed E-state index contributed by atoms with van der Waals surface area (Å²) in [5.41, 5.74) is -1.51. The van der Waals surface area contributed by atoms with Gasteiger partial charge in [-0.3, -0.25) is 4.79 Å². The molecule has 0 amide bonds. The van der Waals surface area contributed by atoms with Gasteiger partial charge in [0.1, 0.15) is 12.4 Å². The van der Waals surface area contributed by atoms with E-state index in [-0.39, 0.29) is 23.7 Å². The minimum absolute atomic E-state index is 0.0265. The number of alkyl halides is 3. The van der Waals surface area contributed by atoms with Gasteiger partial charge in [-0.25, -0.2) is 4.98 Å². The van der Waals surface area contributed by atoms with Gasteiger partial charge < -0.3 is 9.72 Å². The molecule has 1 aromatic heterocycles. The number of H-pyrrole nitrogens is 1. The molecule has 0 aliphatic heterocycles. The predicted molar refractivity (Wildman–Crippen MR) is 70.6 cm³/mol. The summed E-state index contributed by atoms with van der Waals surface area (Å²) in [6, 6.07) is 6.05. The van der Waals surface area contributed by atoms with Crippen molar-refractivity contribution in [3.63, 3.8) is 0 Å². The summed E-state index contributed by atoms with van der Waals surface area (Å²) in [5, 5.41) is 0. The van der Waals surface area contributed by atoms with Gasteiger partial charge in [0.25, 0.3) is 5.56 Å². The SMILES string of the molecule is CCOCc1nc(-c2ccccc2C(F)(F)F)cc(=O)[nH]1. The molecule has 1 aromatic carbocycles. The fourth-order valence-corrected chi connectivity index (χ4v) is 1.87. The molecule has 0 bridgehead atoms. The second-order valence-electron chi connectivity index (χ2n) is 4.26. The van der Waals surface area contributed by atoms with E-state index in [0.29, 0.717) is 6.61 Å². The first kappa shape index (κ1) is 15.2. The standard InChI is InChI=1S/C14H13F3N2O2/c1-2-21-8-12-18-11(7-13(20)19-12)9-5-3-4-6-10(9)14(15,16)17/h3-7H,2,8H2,1H3,(H,18,19,20). The second kappa shape index (κ2) is 6.09. The topological polar surface area (TPSA) is 55.0 Å². The molecule has 0 fully saturated rings. The number of nitrogens with one attached hydrogen (secondary N) is 1. The Bertz CT molecular complexity index is 680. The van der Waals surface area contributed by atoms with Gasteiger partial charge >= 0.3 is 6.18 Å². The lowest BCUT2D eigenvalue weighted by molar-refractivity contribution is -0.137. The van der Waals surface area contributed by atoms with Crippen molar-refractivity contribution in [3.8, 4) is 11.3 Å². The highest BCUT2D eigenvalue weighted by Gasteiger charge is 2.33. The van der Waals surface area contributed by atoms with Crippen molar-refractivity contribution in [2.24, 2.45) is 0 Å². The Hall–Kier alpha value is -2.15. The van der Waals surface area contributed by atoms with Gasteiger partial charge in [-0.15, -0.1) is 0 Å². The van der Waals surface area contributed by atoms with E-state index in [9.17, 15) is 18.0 Å². The van der Waals surface area contributed by atoms with Crippen LogP contribution in [0, 0.1) is 0 Å². The quantitative estimate of drug-likeness (QED) is 0.944. The van der Waals surface area contributed by atoms with Crippen molar-refractivity contribution in [2.45, 2.75) is 19.7 Å². The number of ether oxygens (including phenoxy) is 1. The highest BCUT2D eigenvalue weighted by atomic mass is 19.4. The third kappa shape index (κ3) is 3.69. The average Bonchev–Trinajstić information content (AvgIpc) is 2.43. The number of nitrogens with zero attached hydrogens (tertiary/aromatic N) is 1. The number of aromatic nitrogens is 2. The molecule has 2 rings (SSSR count). The summed E-state index contributed by atoms with van der Waals surface area (Å²) in [6.07, 6.45) is -4.51. The summed E-state index contributed by atoms with van der Waals surface area (Å²) in [5.74, 6) is 0.191. The molecule has 1 heterocycles. The highest BCUT2D eigenvalue weighted by molar-refractivity contribution is 5.64. The molecule has 0 spiro atoms. The van der Waals surface area contributed by atoms with Crippen LogP contribution in [-0.2, 0) is 17.5 Å². The number of halogens is 3. The van der Waals surface area contributed by atoms with Crippen LogP contribution >= 0.6 is 0 Å². The van der Waals surface area contributed by atoms with E-state index < -0.39 is 17.3 Å². The van der Waals surface area contributed by atoms with E-state index in [4.69, 9.17) is 4.74 Å². The summed E-state index contributed by atoms with van der Waals surface area (Å²) < 4.78 is 44.1. The van der Waals surface area contributed by atoms with Gasteiger partial charge in [-0.2, -0.15) is 13.2 Å². The lowest BCUT2D eigenvalue weighted by atomic mass is 10.0. The molecule has 0 radical (unpaired) electrons. The number of rotatable bonds is 4. The molecular weight excluding hydrogens is 285 g/mol. The van der Waals surface area contributed by atoms with E-state index in [0.717, 1.165) is 12.1 Å². The number of benzene rings is 1. The lowest BCUT2D eigenvalue weighted by Crippen LogP contribution is -2.14. The summed E-state index contributed by atoms with van der Waals surface area (Å²) in [4.78, 5) is 18.0. The normalized spacial score (nSPS) is 11.6. The Morgan fingerprint density at radius 2 is 2.00 bits per heavy atom. The van der Waals surface area contributed by atoms with Gasteiger partial charge in [0.2, 0.25) is 0 Å². The molecule has 0 aliphatic carbocycles. The van der Waals surface area contributed by atoms with Crippen molar-refractivity contribution in [3.05, 3.63) is 52.1 Å². The molecule has 21 heavy (non-hydrogen) atoms. The first-order valence-electron chi connectivity index (χ1n) is 6.26. The van der Waals surface area contributed by atoms with Gasteiger partial charge in [-0.05, 0) is 13.0 Å². The van der Waals surface area contributed by atoms with E-state index in [2.05, 4.69) is 9.97 Å². The van der Waals surface area contributed by atoms with Crippen LogP contribution in [0.1, 0.15) is 18.3 Å². The van der Waals surface area contributed by atoms with Gasteiger partial charge in [-0.1, -0.05) is 18.2 Å². The molecule has 0 aliphatic rings. The molecule has 112 valence electrons. The van der Waals surface area contributed by atoms with Crippen LogP contribution in [0.5, 0.6) is 0 Å². The molecule has 0 atom stereocenters. The zero-order chi connectivity index (χ0) is 15.5. The molecule has 2 aromatic rings. The third-order valence-corrected chi connectivity index (χ3v) is 2.74. The van der Waals surface area contributed by atoms with Crippen molar-refractivity contribution in [2.75, 3.05) is 6.61 Å². The van der Waals surface area contributed by atoms with Gasteiger partial charge in [0.15, 0.2) is 0 Å². The largest absolute Gasteiger partial charge is 0.417 e. The summed E-state index contributed by atoms with van der Waals surface area (Å²) in [7, 11) is 0. The predicted octanol–water partition coefficient (Wildman–Crippen LogP) is 2.99. The van der Waals surface area contributed by atoms with Crippen molar-refractivity contribution in [1.82, 2.24) is 9.97 Å². The number of aromatic amines is 1. The smallest absolute Gasteiger partial charge is 0.374 e. The first-order chi connectivity index (χ1) is 9.91. The Balaban J connectivity index is 2.52. The van der Waals surface area contributed by atoms with Crippen LogP contribution in [-0.4, -0.2) is 16.6 Å². The Morgan fingerprint density at radius 1 is 1.29 bits per heavy atom. The fourth-order valence-electron chi connectivity index (χ4n) is 1.87. The van der Waals surface area contributed by atoms with Crippen LogP contribution in [0.25, 0.3) is 11.3 Å². The Kier molecular flexibility index (Phi) is 4.42. The minimum atomic E-state index is -4.51. The zero-order valence-corrected chi connectivity index (χ0v) is 11.2. The zero-order valence-electron chi connectivity index (χ0n) is 11.2. The monoisotopic (exact) mass is 298 g/mol. The van der Waals surface area contributed by atoms with Crippen molar-refractivity contribution in [1.29, 1.82) is 0 Å². The number of hydrogen-bond donors (Lipinski definition) is 1. The minimum Gasteiger partial charge on any atom is -0.374 e. The summed E-state index contributed by atoms with van der Waals surface area (Å²) in [6.45, 7) is 2.21. The van der Waals surface area contributed by atoms with Crippen LogP contribution in [0.2, 0.25) is 0 Å². The van der Waals surface area contributed by atoms with Crippen LogP contribution in [0.15, 0.2) is 35.1 Å². The lowest BCUT2D eigenvalue weighted by Gasteiger charge is -2.12. The molecule has 7 heteroatoms. The third-order valence-electron chi connectivity index (χ3n) is 2.74. The Labute approximate surface area is 118 Å². The molecule has 0 saturated heterocycles. The van der Waals surface area contributed by atoms with Crippen molar-refractivity contribution < 1.29 is 17.9 Å². The van der Waals surface area contributed by atoms with Gasteiger partial charge in [0, 0.05) is 18.2 Å². The molecule has 1 N–H and O–H groups in total. The van der Waals surface area contributed by atoms with Gasteiger partial charge in [0.05, 0.1) is 11.3 Å². The van der Waals surface area contributed by atoms with Crippen molar-refractivity contribution >= 4 is 0 Å². The second-order valence-corrected chi connectivity index (χ2v) is 4.26. The average molecular weight is 298 g/mol. The fraction of sp³-hybridized carbons (Fsp3) is 0.286. The maximum atomic E-state index is 13.0. The van der Waals surface area contributed by atoms with E-state index >= 15 is 0 Å². The Morgan fingerprint density at radius 3 is 2.67 bits per heavy atom.